The molecule has 6 nitrogen and oxygen atoms in total. The molecule has 8 heteroatoms. The van der Waals surface area contributed by atoms with E-state index in [0.717, 1.165) is 0 Å². The number of amides is 1. The first kappa shape index (κ1) is 13.7. The molecule has 0 saturated heterocycles. The van der Waals surface area contributed by atoms with Crippen LogP contribution in [0.4, 0.5) is 14.5 Å². The van der Waals surface area contributed by atoms with Crippen molar-refractivity contribution in [2.45, 2.75) is 6.92 Å². The van der Waals surface area contributed by atoms with E-state index in [0.29, 0.717) is 12.1 Å². The predicted molar refractivity (Wildman–Crippen MR) is 56.0 cm³/mol. The monoisotopic (exact) mass is 258 g/mol. The third kappa shape index (κ3) is 2.84. The first-order chi connectivity index (χ1) is 8.34. The minimum atomic E-state index is -1.57. The maximum atomic E-state index is 13.5. The number of Topliss-reactive ketones (excluding diaryl/α,β-unsaturated/α-hetero) is 1. The van der Waals surface area contributed by atoms with Crippen LogP contribution in [0.3, 0.4) is 0 Å². The van der Waals surface area contributed by atoms with Crippen LogP contribution in [0.15, 0.2) is 12.1 Å². The van der Waals surface area contributed by atoms with Gasteiger partial charge in [-0.3, -0.25) is 19.7 Å². The first-order valence-corrected chi connectivity index (χ1v) is 4.74. The van der Waals surface area contributed by atoms with Crippen LogP contribution in [0.1, 0.15) is 17.3 Å². The number of carbonyl (C=O) groups excluding carboxylic acids is 2. The second-order valence-electron chi connectivity index (χ2n) is 3.40. The van der Waals surface area contributed by atoms with E-state index < -0.39 is 46.0 Å². The zero-order valence-corrected chi connectivity index (χ0v) is 9.20. The number of nitrogens with one attached hydrogen (secondary N) is 1. The van der Waals surface area contributed by atoms with E-state index >= 15 is 0 Å². The van der Waals surface area contributed by atoms with Gasteiger partial charge in [0.05, 0.1) is 11.5 Å². The molecule has 0 bridgehead atoms. The van der Waals surface area contributed by atoms with Gasteiger partial charge in [0.25, 0.3) is 5.91 Å². The molecule has 0 fully saturated rings. The molecule has 0 spiro atoms. The van der Waals surface area contributed by atoms with E-state index in [2.05, 4.69) is 0 Å². The van der Waals surface area contributed by atoms with Gasteiger partial charge in [-0.2, -0.15) is 4.39 Å². The predicted octanol–water partition coefficient (Wildman–Crippen LogP) is 1.19. The Morgan fingerprint density at radius 1 is 1.39 bits per heavy atom. The molecule has 0 saturated carbocycles. The van der Waals surface area contributed by atoms with E-state index in [9.17, 15) is 28.5 Å². The van der Waals surface area contributed by atoms with E-state index in [4.69, 9.17) is 0 Å². The Labute approximate surface area is 99.7 Å². The molecule has 0 unspecified atom stereocenters. The highest BCUT2D eigenvalue weighted by atomic mass is 19.1. The van der Waals surface area contributed by atoms with Crippen molar-refractivity contribution in [2.75, 3.05) is 6.54 Å². The highest BCUT2D eigenvalue weighted by Gasteiger charge is 2.26. The van der Waals surface area contributed by atoms with Gasteiger partial charge in [0.2, 0.25) is 5.82 Å². The average molecular weight is 258 g/mol. The Morgan fingerprint density at radius 3 is 2.50 bits per heavy atom. The Bertz CT molecular complexity index is 531. The summed E-state index contributed by atoms with van der Waals surface area (Å²) in [5, 5.41) is 12.4. The fourth-order valence-corrected chi connectivity index (χ4v) is 1.18. The number of rotatable bonds is 4. The van der Waals surface area contributed by atoms with Gasteiger partial charge in [-0.15, -0.1) is 0 Å². The number of ketones is 1. The summed E-state index contributed by atoms with van der Waals surface area (Å²) >= 11 is 0. The van der Waals surface area contributed by atoms with Crippen LogP contribution in [-0.4, -0.2) is 23.2 Å². The average Bonchev–Trinajstić information content (AvgIpc) is 2.25. The number of hydrogen-bond acceptors (Lipinski definition) is 4. The fourth-order valence-electron chi connectivity index (χ4n) is 1.18. The molecular formula is C10H8F2N2O4. The molecule has 0 aromatic heterocycles. The number of carbonyl (C=O) groups is 2. The number of nitrogens with zero attached hydrogens (tertiary/aromatic N) is 1. The lowest BCUT2D eigenvalue weighted by molar-refractivity contribution is -0.387. The SMILES string of the molecule is CC(=O)CNC(=O)c1c(F)ccc([N+](=O)[O-])c1F. The van der Waals surface area contributed by atoms with Crippen molar-refractivity contribution in [2.24, 2.45) is 0 Å². The van der Waals surface area contributed by atoms with Crippen LogP contribution in [0.25, 0.3) is 0 Å². The van der Waals surface area contributed by atoms with Crippen LogP contribution in [0, 0.1) is 21.7 Å². The van der Waals surface area contributed by atoms with Crippen LogP contribution in [0.5, 0.6) is 0 Å². The summed E-state index contributed by atoms with van der Waals surface area (Å²) in [5.74, 6) is -4.45. The zero-order valence-electron chi connectivity index (χ0n) is 9.20. The van der Waals surface area contributed by atoms with Crippen molar-refractivity contribution in [3.63, 3.8) is 0 Å². The van der Waals surface area contributed by atoms with Gasteiger partial charge >= 0.3 is 5.69 Å². The Morgan fingerprint density at radius 2 is 2.00 bits per heavy atom. The molecule has 0 aliphatic carbocycles. The molecule has 0 atom stereocenters. The molecule has 0 radical (unpaired) electrons. The molecule has 0 heterocycles. The van der Waals surface area contributed by atoms with Crippen molar-refractivity contribution in [1.29, 1.82) is 0 Å². The van der Waals surface area contributed by atoms with Crippen molar-refractivity contribution in [1.82, 2.24) is 5.32 Å². The van der Waals surface area contributed by atoms with Crippen molar-refractivity contribution >= 4 is 17.4 Å². The normalized spacial score (nSPS) is 9.94. The highest BCUT2D eigenvalue weighted by molar-refractivity contribution is 5.97. The summed E-state index contributed by atoms with van der Waals surface area (Å²) in [4.78, 5) is 31.4. The summed E-state index contributed by atoms with van der Waals surface area (Å²) < 4.78 is 26.8. The minimum absolute atomic E-state index is 0.416. The second kappa shape index (κ2) is 5.30. The Hall–Kier alpha value is -2.38. The number of halogens is 2. The van der Waals surface area contributed by atoms with E-state index in [1.165, 1.54) is 6.92 Å². The number of hydrogen-bond donors (Lipinski definition) is 1. The van der Waals surface area contributed by atoms with Gasteiger partial charge in [-0.1, -0.05) is 0 Å². The van der Waals surface area contributed by atoms with Gasteiger partial charge in [0, 0.05) is 6.07 Å². The largest absolute Gasteiger partial charge is 0.345 e. The standard InChI is InChI=1S/C10H8F2N2O4/c1-5(15)4-13-10(16)8-6(11)2-3-7(9(8)12)14(17)18/h2-3H,4H2,1H3,(H,13,16). The van der Waals surface area contributed by atoms with Gasteiger partial charge < -0.3 is 5.32 Å². The summed E-state index contributed by atoms with van der Waals surface area (Å²) in [6, 6.07) is 1.23. The summed E-state index contributed by atoms with van der Waals surface area (Å²) in [7, 11) is 0. The van der Waals surface area contributed by atoms with Gasteiger partial charge in [-0.25, -0.2) is 4.39 Å². The molecule has 1 N–H and O–H groups in total. The number of nitro groups is 1. The zero-order chi connectivity index (χ0) is 13.9. The molecule has 1 aromatic rings. The van der Waals surface area contributed by atoms with Crippen molar-refractivity contribution < 1.29 is 23.3 Å². The van der Waals surface area contributed by atoms with Crippen LogP contribution in [-0.2, 0) is 4.79 Å². The first-order valence-electron chi connectivity index (χ1n) is 4.74. The van der Waals surface area contributed by atoms with E-state index in [1.807, 2.05) is 5.32 Å². The molecule has 1 aromatic carbocycles. The van der Waals surface area contributed by atoms with Gasteiger partial charge in [0.15, 0.2) is 0 Å². The van der Waals surface area contributed by atoms with Crippen LogP contribution in [0.2, 0.25) is 0 Å². The number of nitro benzene ring substituents is 1. The van der Waals surface area contributed by atoms with E-state index in [-0.39, 0.29) is 0 Å². The quantitative estimate of drug-likeness (QED) is 0.648. The lowest BCUT2D eigenvalue weighted by Gasteiger charge is -2.05. The summed E-state index contributed by atoms with van der Waals surface area (Å²) in [6.07, 6.45) is 0. The maximum absolute atomic E-state index is 13.5. The van der Waals surface area contributed by atoms with Crippen molar-refractivity contribution in [3.8, 4) is 0 Å². The molecule has 0 aliphatic heterocycles. The smallest absolute Gasteiger partial charge is 0.305 e. The third-order valence-corrected chi connectivity index (χ3v) is 1.99. The van der Waals surface area contributed by atoms with Gasteiger partial charge in [0.1, 0.15) is 17.2 Å². The fraction of sp³-hybridized carbons (Fsp3) is 0.200. The van der Waals surface area contributed by atoms with Gasteiger partial charge in [-0.05, 0) is 13.0 Å². The molecule has 18 heavy (non-hydrogen) atoms. The Balaban J connectivity index is 3.14. The van der Waals surface area contributed by atoms with E-state index in [1.54, 1.807) is 0 Å². The molecule has 1 amide bonds. The topological polar surface area (TPSA) is 89.3 Å². The molecule has 96 valence electrons. The summed E-state index contributed by atoms with van der Waals surface area (Å²) in [6.45, 7) is 0.751. The molecule has 1 rings (SSSR count). The van der Waals surface area contributed by atoms with Crippen molar-refractivity contribution in [3.05, 3.63) is 39.4 Å². The Kier molecular flexibility index (Phi) is 4.03. The number of benzene rings is 1. The molecular weight excluding hydrogens is 250 g/mol. The summed E-state index contributed by atoms with van der Waals surface area (Å²) in [5.41, 5.74) is -2.09. The lowest BCUT2D eigenvalue weighted by atomic mass is 10.1. The maximum Gasteiger partial charge on any atom is 0.305 e. The highest BCUT2D eigenvalue weighted by Crippen LogP contribution is 2.22. The lowest BCUT2D eigenvalue weighted by Crippen LogP contribution is -2.30. The third-order valence-electron chi connectivity index (χ3n) is 1.99. The van der Waals surface area contributed by atoms with Crippen LogP contribution >= 0.6 is 0 Å². The van der Waals surface area contributed by atoms with Crippen LogP contribution < -0.4 is 5.32 Å². The minimum Gasteiger partial charge on any atom is -0.345 e. The second-order valence-corrected chi connectivity index (χ2v) is 3.40. The molecule has 0 aliphatic rings.